The summed E-state index contributed by atoms with van der Waals surface area (Å²) in [6, 6.07) is 5.40. The number of thioether (sulfide) groups is 1. The van der Waals surface area contributed by atoms with Crippen LogP contribution in [-0.4, -0.2) is 17.9 Å². The van der Waals surface area contributed by atoms with Crippen LogP contribution in [0.1, 0.15) is 5.56 Å². The highest BCUT2D eigenvalue weighted by atomic mass is 35.5. The molecule has 0 spiro atoms. The molecule has 4 nitrogen and oxygen atoms in total. The molecule has 1 unspecified atom stereocenters. The number of carbonyl (C=O) groups is 1. The van der Waals surface area contributed by atoms with Gasteiger partial charge in [-0.3, -0.25) is 4.79 Å². The summed E-state index contributed by atoms with van der Waals surface area (Å²) in [7, 11) is 0. The van der Waals surface area contributed by atoms with Crippen LogP contribution >= 0.6 is 35.0 Å². The number of rotatable bonds is 3. The van der Waals surface area contributed by atoms with E-state index in [1.54, 1.807) is 23.9 Å². The van der Waals surface area contributed by atoms with Crippen LogP contribution in [0.15, 0.2) is 18.2 Å². The van der Waals surface area contributed by atoms with E-state index in [-0.39, 0.29) is 11.4 Å². The summed E-state index contributed by atoms with van der Waals surface area (Å²) >= 11 is 13.4. The largest absolute Gasteiger partial charge is 0.330 e. The zero-order chi connectivity index (χ0) is 12.3. The van der Waals surface area contributed by atoms with Crippen LogP contribution < -0.4 is 16.2 Å². The Balaban J connectivity index is 1.91. The van der Waals surface area contributed by atoms with Crippen molar-refractivity contribution in [3.05, 3.63) is 33.8 Å². The molecular weight excluding hydrogens is 281 g/mol. The number of nitrogens with one attached hydrogen (secondary N) is 3. The third kappa shape index (κ3) is 3.76. The zero-order valence-electron chi connectivity index (χ0n) is 8.80. The summed E-state index contributed by atoms with van der Waals surface area (Å²) in [5.74, 6) is 0.666. The highest BCUT2D eigenvalue weighted by Crippen LogP contribution is 2.25. The number of halogens is 2. The average molecular weight is 292 g/mol. The Kier molecular flexibility index (Phi) is 4.53. The zero-order valence-corrected chi connectivity index (χ0v) is 11.1. The first-order valence-corrected chi connectivity index (χ1v) is 6.79. The molecule has 0 saturated carbocycles. The van der Waals surface area contributed by atoms with Crippen LogP contribution in [0.25, 0.3) is 0 Å². The van der Waals surface area contributed by atoms with Crippen LogP contribution in [0, 0.1) is 0 Å². The van der Waals surface area contributed by atoms with Crippen molar-refractivity contribution >= 4 is 40.9 Å². The first-order chi connectivity index (χ1) is 8.15. The third-order valence-corrected chi connectivity index (χ3v) is 3.83. The molecule has 1 amide bonds. The molecule has 1 aromatic carbocycles. The van der Waals surface area contributed by atoms with Gasteiger partial charge in [-0.25, -0.2) is 10.9 Å². The van der Waals surface area contributed by atoms with Crippen LogP contribution in [0.3, 0.4) is 0 Å². The number of benzene rings is 1. The predicted octanol–water partition coefficient (Wildman–Crippen LogP) is 1.73. The Hall–Kier alpha value is -0.460. The molecular formula is C10H11Cl2N3OS. The van der Waals surface area contributed by atoms with Crippen molar-refractivity contribution in [1.82, 2.24) is 16.2 Å². The van der Waals surface area contributed by atoms with E-state index in [9.17, 15) is 4.79 Å². The lowest BCUT2D eigenvalue weighted by atomic mass is 10.2. The van der Waals surface area contributed by atoms with Gasteiger partial charge in [-0.1, -0.05) is 29.3 Å². The summed E-state index contributed by atoms with van der Waals surface area (Å²) in [5.41, 5.74) is 6.61. The molecule has 92 valence electrons. The van der Waals surface area contributed by atoms with Gasteiger partial charge in [0.25, 0.3) is 0 Å². The molecule has 1 aliphatic rings. The van der Waals surface area contributed by atoms with Gasteiger partial charge in [0.2, 0.25) is 5.91 Å². The maximum absolute atomic E-state index is 11.1. The summed E-state index contributed by atoms with van der Waals surface area (Å²) in [6.07, 6.45) is 0. The minimum absolute atomic E-state index is 0.0246. The van der Waals surface area contributed by atoms with E-state index in [0.29, 0.717) is 22.3 Å². The standard InChI is InChI=1S/C10H11Cl2N3OS/c11-7-2-1-6(8(12)3-7)5-17-10-14-9(16)4-13-15-10/h1-3,10,13,15H,4-5H2,(H,14,16). The van der Waals surface area contributed by atoms with E-state index < -0.39 is 0 Å². The molecule has 0 aromatic heterocycles. The monoisotopic (exact) mass is 291 g/mol. The summed E-state index contributed by atoms with van der Waals surface area (Å²) in [6.45, 7) is 0.290. The minimum Gasteiger partial charge on any atom is -0.330 e. The van der Waals surface area contributed by atoms with E-state index in [4.69, 9.17) is 23.2 Å². The fourth-order valence-electron chi connectivity index (χ4n) is 1.35. The molecule has 2 rings (SSSR count). The second-order valence-electron chi connectivity index (χ2n) is 3.49. The maximum atomic E-state index is 11.1. The Morgan fingerprint density at radius 1 is 1.41 bits per heavy atom. The van der Waals surface area contributed by atoms with Gasteiger partial charge in [-0.2, -0.15) is 0 Å². The molecule has 1 saturated heterocycles. The molecule has 0 bridgehead atoms. The van der Waals surface area contributed by atoms with Crippen molar-refractivity contribution in [3.8, 4) is 0 Å². The normalized spacial score (nSPS) is 20.1. The van der Waals surface area contributed by atoms with Crippen LogP contribution in [0.5, 0.6) is 0 Å². The Morgan fingerprint density at radius 3 is 2.94 bits per heavy atom. The van der Waals surface area contributed by atoms with Crippen molar-refractivity contribution in [2.24, 2.45) is 0 Å². The highest BCUT2D eigenvalue weighted by Gasteiger charge is 2.17. The SMILES string of the molecule is O=C1CNNC(SCc2ccc(Cl)cc2Cl)N1. The van der Waals surface area contributed by atoms with Gasteiger partial charge in [0.1, 0.15) is 5.50 Å². The van der Waals surface area contributed by atoms with E-state index in [0.717, 1.165) is 5.56 Å². The number of hydrazine groups is 1. The molecule has 1 aliphatic heterocycles. The predicted molar refractivity (Wildman–Crippen MR) is 70.8 cm³/mol. The van der Waals surface area contributed by atoms with Crippen molar-refractivity contribution in [3.63, 3.8) is 0 Å². The second kappa shape index (κ2) is 5.93. The lowest BCUT2D eigenvalue weighted by molar-refractivity contribution is -0.122. The smallest absolute Gasteiger partial charge is 0.237 e. The van der Waals surface area contributed by atoms with E-state index >= 15 is 0 Å². The summed E-state index contributed by atoms with van der Waals surface area (Å²) in [4.78, 5) is 11.1. The fraction of sp³-hybridized carbons (Fsp3) is 0.300. The molecule has 17 heavy (non-hydrogen) atoms. The third-order valence-electron chi connectivity index (χ3n) is 2.19. The molecule has 0 radical (unpaired) electrons. The van der Waals surface area contributed by atoms with Crippen LogP contribution in [0.4, 0.5) is 0 Å². The molecule has 1 atom stereocenters. The Morgan fingerprint density at radius 2 is 2.24 bits per heavy atom. The summed E-state index contributed by atoms with van der Waals surface area (Å²) in [5, 5.41) is 4.06. The molecule has 1 fully saturated rings. The van der Waals surface area contributed by atoms with Gasteiger partial charge in [-0.15, -0.1) is 11.8 Å². The van der Waals surface area contributed by atoms with Crippen molar-refractivity contribution in [2.75, 3.05) is 6.54 Å². The second-order valence-corrected chi connectivity index (χ2v) is 5.43. The number of amides is 1. The lowest BCUT2D eigenvalue weighted by Gasteiger charge is -2.24. The first-order valence-electron chi connectivity index (χ1n) is 4.98. The molecule has 1 aromatic rings. The van der Waals surface area contributed by atoms with Gasteiger partial charge >= 0.3 is 0 Å². The molecule has 0 aliphatic carbocycles. The van der Waals surface area contributed by atoms with E-state index in [1.165, 1.54) is 0 Å². The number of hydrogen-bond acceptors (Lipinski definition) is 4. The van der Waals surface area contributed by atoms with Gasteiger partial charge < -0.3 is 5.32 Å². The fourth-order valence-corrected chi connectivity index (χ4v) is 2.89. The molecule has 1 heterocycles. The number of hydrogen-bond donors (Lipinski definition) is 3. The van der Waals surface area contributed by atoms with Crippen molar-refractivity contribution in [2.45, 2.75) is 11.3 Å². The number of carbonyl (C=O) groups excluding carboxylic acids is 1. The highest BCUT2D eigenvalue weighted by molar-refractivity contribution is 7.99. The molecule has 7 heteroatoms. The Labute approximate surface area is 113 Å². The maximum Gasteiger partial charge on any atom is 0.237 e. The first kappa shape index (κ1) is 13.0. The van der Waals surface area contributed by atoms with Crippen LogP contribution in [-0.2, 0) is 10.5 Å². The Bertz CT molecular complexity index is 430. The average Bonchev–Trinajstić information content (AvgIpc) is 2.28. The molecule has 3 N–H and O–H groups in total. The van der Waals surface area contributed by atoms with Gasteiger partial charge in [0.05, 0.1) is 6.54 Å². The quantitative estimate of drug-likeness (QED) is 0.794. The van der Waals surface area contributed by atoms with Gasteiger partial charge in [-0.05, 0) is 17.7 Å². The van der Waals surface area contributed by atoms with Gasteiger partial charge in [0, 0.05) is 15.8 Å². The van der Waals surface area contributed by atoms with Crippen LogP contribution in [0.2, 0.25) is 10.0 Å². The van der Waals surface area contributed by atoms with Crippen molar-refractivity contribution in [1.29, 1.82) is 0 Å². The lowest BCUT2D eigenvalue weighted by Crippen LogP contribution is -2.58. The topological polar surface area (TPSA) is 53.2 Å². The summed E-state index contributed by atoms with van der Waals surface area (Å²) < 4.78 is 0. The van der Waals surface area contributed by atoms with E-state index in [2.05, 4.69) is 16.2 Å². The van der Waals surface area contributed by atoms with E-state index in [1.807, 2.05) is 6.07 Å². The van der Waals surface area contributed by atoms with Gasteiger partial charge in [0.15, 0.2) is 0 Å². The van der Waals surface area contributed by atoms with Crippen molar-refractivity contribution < 1.29 is 4.79 Å². The minimum atomic E-state index is -0.150.